The molecule has 1 N–H and O–H groups in total. The van der Waals surface area contributed by atoms with E-state index in [0.717, 1.165) is 35.3 Å². The van der Waals surface area contributed by atoms with Gasteiger partial charge in [-0.2, -0.15) is 5.26 Å². The lowest BCUT2D eigenvalue weighted by Gasteiger charge is -2.34. The van der Waals surface area contributed by atoms with E-state index in [1.807, 2.05) is 37.4 Å². The third-order valence-electron chi connectivity index (χ3n) is 4.38. The fourth-order valence-electron chi connectivity index (χ4n) is 3.29. The predicted molar refractivity (Wildman–Crippen MR) is 82.3 cm³/mol. The second-order valence-electron chi connectivity index (χ2n) is 6.76. The second kappa shape index (κ2) is 4.75. The van der Waals surface area contributed by atoms with Gasteiger partial charge in [0.05, 0.1) is 17.7 Å². The van der Waals surface area contributed by atoms with Gasteiger partial charge in [0.15, 0.2) is 0 Å². The van der Waals surface area contributed by atoms with Crippen LogP contribution < -0.4 is 0 Å². The fraction of sp³-hybridized carbons (Fsp3) is 0.389. The lowest BCUT2D eigenvalue weighted by Crippen LogP contribution is -2.26. The van der Waals surface area contributed by atoms with E-state index < -0.39 is 6.10 Å². The number of aliphatic hydroxyl groups excluding tert-OH is 1. The molecule has 3 nitrogen and oxygen atoms in total. The molecule has 1 aliphatic rings. The van der Waals surface area contributed by atoms with Crippen LogP contribution in [0.1, 0.15) is 48.8 Å². The third kappa shape index (κ3) is 2.36. The lowest BCUT2D eigenvalue weighted by molar-refractivity contribution is 0.0987. The van der Waals surface area contributed by atoms with Gasteiger partial charge in [0.25, 0.3) is 0 Å². The van der Waals surface area contributed by atoms with Gasteiger partial charge in [0.1, 0.15) is 0 Å². The molecule has 0 spiro atoms. The van der Waals surface area contributed by atoms with Crippen LogP contribution in [0.2, 0.25) is 0 Å². The molecule has 2 aromatic rings. The standard InChI is InChI=1S/C18H20N2O/c1-12-4-5-13(11-19)8-15(12)20-7-6-14-16(20)9-18(2,3)10-17(14)21/h4-8,17,21H,9-10H2,1-3H3. The normalized spacial score (nSPS) is 19.9. The Hall–Kier alpha value is -2.05. The van der Waals surface area contributed by atoms with Crippen molar-refractivity contribution in [2.45, 2.75) is 39.7 Å². The van der Waals surface area contributed by atoms with Gasteiger partial charge in [-0.15, -0.1) is 0 Å². The van der Waals surface area contributed by atoms with Crippen molar-refractivity contribution in [3.63, 3.8) is 0 Å². The van der Waals surface area contributed by atoms with Gasteiger partial charge in [-0.1, -0.05) is 19.9 Å². The van der Waals surface area contributed by atoms with Gasteiger partial charge in [-0.3, -0.25) is 0 Å². The first-order chi connectivity index (χ1) is 9.91. The minimum Gasteiger partial charge on any atom is -0.388 e. The van der Waals surface area contributed by atoms with Crippen molar-refractivity contribution in [3.8, 4) is 11.8 Å². The van der Waals surface area contributed by atoms with Crippen LogP contribution in [0.4, 0.5) is 0 Å². The molecule has 1 atom stereocenters. The first-order valence-corrected chi connectivity index (χ1v) is 7.30. The number of rotatable bonds is 1. The quantitative estimate of drug-likeness (QED) is 0.866. The van der Waals surface area contributed by atoms with E-state index in [-0.39, 0.29) is 5.41 Å². The van der Waals surface area contributed by atoms with Crippen LogP contribution in [0.5, 0.6) is 0 Å². The summed E-state index contributed by atoms with van der Waals surface area (Å²) in [4.78, 5) is 0. The number of fused-ring (bicyclic) bond motifs is 1. The topological polar surface area (TPSA) is 49.0 Å². The van der Waals surface area contributed by atoms with Gasteiger partial charge < -0.3 is 9.67 Å². The Kier molecular flexibility index (Phi) is 3.15. The zero-order valence-corrected chi connectivity index (χ0v) is 12.7. The van der Waals surface area contributed by atoms with Crippen molar-refractivity contribution in [1.29, 1.82) is 5.26 Å². The zero-order chi connectivity index (χ0) is 15.2. The van der Waals surface area contributed by atoms with Gasteiger partial charge in [0, 0.05) is 23.1 Å². The number of hydrogen-bond acceptors (Lipinski definition) is 2. The lowest BCUT2D eigenvalue weighted by atomic mass is 9.75. The summed E-state index contributed by atoms with van der Waals surface area (Å²) >= 11 is 0. The fourth-order valence-corrected chi connectivity index (χ4v) is 3.29. The van der Waals surface area contributed by atoms with Crippen LogP contribution in [0.3, 0.4) is 0 Å². The number of benzene rings is 1. The Morgan fingerprint density at radius 2 is 2.10 bits per heavy atom. The van der Waals surface area contributed by atoms with E-state index in [4.69, 9.17) is 5.26 Å². The Balaban J connectivity index is 2.16. The average Bonchev–Trinajstić information content (AvgIpc) is 2.81. The highest BCUT2D eigenvalue weighted by molar-refractivity contribution is 5.50. The summed E-state index contributed by atoms with van der Waals surface area (Å²) in [6.45, 7) is 6.43. The Morgan fingerprint density at radius 3 is 2.81 bits per heavy atom. The number of nitrogens with zero attached hydrogens (tertiary/aromatic N) is 2. The average molecular weight is 280 g/mol. The van der Waals surface area contributed by atoms with E-state index in [0.29, 0.717) is 5.56 Å². The highest BCUT2D eigenvalue weighted by Crippen LogP contribution is 2.42. The van der Waals surface area contributed by atoms with Crippen molar-refractivity contribution in [2.75, 3.05) is 0 Å². The highest BCUT2D eigenvalue weighted by Gasteiger charge is 2.33. The zero-order valence-electron chi connectivity index (χ0n) is 12.7. The summed E-state index contributed by atoms with van der Waals surface area (Å²) in [6, 6.07) is 9.94. The maximum absolute atomic E-state index is 10.4. The second-order valence-corrected chi connectivity index (χ2v) is 6.76. The minimum atomic E-state index is -0.399. The van der Waals surface area contributed by atoms with Crippen LogP contribution in [-0.4, -0.2) is 9.67 Å². The Labute approximate surface area is 125 Å². The maximum Gasteiger partial charge on any atom is 0.0992 e. The molecule has 1 heterocycles. The molecule has 0 aliphatic heterocycles. The smallest absolute Gasteiger partial charge is 0.0992 e. The maximum atomic E-state index is 10.4. The van der Waals surface area contributed by atoms with Crippen molar-refractivity contribution >= 4 is 0 Å². The summed E-state index contributed by atoms with van der Waals surface area (Å²) < 4.78 is 2.13. The molecule has 1 aliphatic carbocycles. The molecule has 1 aromatic carbocycles. The first-order valence-electron chi connectivity index (χ1n) is 7.30. The molecular formula is C18H20N2O. The Morgan fingerprint density at radius 1 is 1.33 bits per heavy atom. The molecule has 1 aromatic heterocycles. The van der Waals surface area contributed by atoms with Crippen LogP contribution in [0.15, 0.2) is 30.5 Å². The summed E-state index contributed by atoms with van der Waals surface area (Å²) in [5.41, 5.74) is 5.09. The van der Waals surface area contributed by atoms with Crippen LogP contribution in [0, 0.1) is 23.7 Å². The SMILES string of the molecule is Cc1ccc(C#N)cc1-n1ccc2c1CC(C)(C)CC2O. The van der Waals surface area contributed by atoms with E-state index in [1.165, 1.54) is 0 Å². The molecule has 108 valence electrons. The molecule has 0 bridgehead atoms. The van der Waals surface area contributed by atoms with Crippen molar-refractivity contribution in [2.24, 2.45) is 5.41 Å². The monoisotopic (exact) mass is 280 g/mol. The summed E-state index contributed by atoms with van der Waals surface area (Å²) in [5.74, 6) is 0. The predicted octanol–water partition coefficient (Wildman–Crippen LogP) is 3.66. The number of aryl methyl sites for hydroxylation is 1. The molecular weight excluding hydrogens is 260 g/mol. The molecule has 0 amide bonds. The molecule has 3 heteroatoms. The Bertz CT molecular complexity index is 734. The molecule has 0 saturated carbocycles. The van der Waals surface area contributed by atoms with Gasteiger partial charge in [-0.25, -0.2) is 0 Å². The molecule has 0 fully saturated rings. The minimum absolute atomic E-state index is 0.0866. The number of aliphatic hydroxyl groups is 1. The highest BCUT2D eigenvalue weighted by atomic mass is 16.3. The molecule has 3 rings (SSSR count). The number of aromatic nitrogens is 1. The van der Waals surface area contributed by atoms with E-state index in [9.17, 15) is 5.11 Å². The van der Waals surface area contributed by atoms with Gasteiger partial charge in [-0.05, 0) is 48.9 Å². The summed E-state index contributed by atoms with van der Waals surface area (Å²) in [7, 11) is 0. The molecule has 21 heavy (non-hydrogen) atoms. The molecule has 0 saturated heterocycles. The van der Waals surface area contributed by atoms with Gasteiger partial charge in [0.2, 0.25) is 0 Å². The molecule has 0 radical (unpaired) electrons. The largest absolute Gasteiger partial charge is 0.388 e. The number of hydrogen-bond donors (Lipinski definition) is 1. The number of nitriles is 1. The van der Waals surface area contributed by atoms with E-state index in [1.54, 1.807) is 0 Å². The summed E-state index contributed by atoms with van der Waals surface area (Å²) in [6.07, 6.45) is 3.34. The van der Waals surface area contributed by atoms with E-state index >= 15 is 0 Å². The van der Waals surface area contributed by atoms with Crippen LogP contribution in [-0.2, 0) is 6.42 Å². The van der Waals surface area contributed by atoms with Crippen LogP contribution >= 0.6 is 0 Å². The molecule has 1 unspecified atom stereocenters. The van der Waals surface area contributed by atoms with Gasteiger partial charge >= 0.3 is 0 Å². The van der Waals surface area contributed by atoms with E-state index in [2.05, 4.69) is 24.5 Å². The van der Waals surface area contributed by atoms with Crippen molar-refractivity contribution < 1.29 is 5.11 Å². The summed E-state index contributed by atoms with van der Waals surface area (Å²) in [5, 5.41) is 19.5. The third-order valence-corrected chi connectivity index (χ3v) is 4.38. The first kappa shape index (κ1) is 13.9. The van der Waals surface area contributed by atoms with Crippen LogP contribution in [0.25, 0.3) is 5.69 Å². The van der Waals surface area contributed by atoms with Crippen molar-refractivity contribution in [3.05, 3.63) is 52.8 Å². The van der Waals surface area contributed by atoms with Crippen molar-refractivity contribution in [1.82, 2.24) is 4.57 Å².